The van der Waals surface area contributed by atoms with Gasteiger partial charge in [-0.3, -0.25) is 15.1 Å². The average molecular weight is 336 g/mol. The third-order valence-electron chi connectivity index (χ3n) is 3.53. The van der Waals surface area contributed by atoms with Gasteiger partial charge in [0.15, 0.2) is 0 Å². The second kappa shape index (κ2) is 6.42. The second-order valence-corrected chi connectivity index (χ2v) is 5.95. The zero-order valence-electron chi connectivity index (χ0n) is 12.9. The van der Waals surface area contributed by atoms with Gasteiger partial charge in [-0.05, 0) is 32.0 Å². The molecule has 7 heteroatoms. The number of non-ortho nitro benzene ring substituents is 1. The van der Waals surface area contributed by atoms with Gasteiger partial charge in [-0.25, -0.2) is 0 Å². The fourth-order valence-corrected chi connectivity index (χ4v) is 2.66. The molecule has 2 heterocycles. The van der Waals surface area contributed by atoms with Crippen molar-refractivity contribution in [3.63, 3.8) is 0 Å². The fraction of sp³-hybridized carbons (Fsp3) is 0.312. The molecule has 6 nitrogen and oxygen atoms in total. The fourth-order valence-electron chi connectivity index (χ4n) is 2.66. The van der Waals surface area contributed by atoms with Crippen molar-refractivity contribution in [2.45, 2.75) is 26.0 Å². The zero-order valence-corrected chi connectivity index (χ0v) is 13.7. The number of benzene rings is 1. The van der Waals surface area contributed by atoms with E-state index in [0.29, 0.717) is 18.8 Å². The largest absolute Gasteiger partial charge is 0.484 e. The van der Waals surface area contributed by atoms with Crippen LogP contribution in [0.15, 0.2) is 42.6 Å². The van der Waals surface area contributed by atoms with E-state index in [4.69, 9.17) is 4.74 Å². The molecule has 1 aliphatic heterocycles. The van der Waals surface area contributed by atoms with E-state index in [9.17, 15) is 10.1 Å². The monoisotopic (exact) mass is 335 g/mol. The molecule has 0 N–H and O–H groups in total. The summed E-state index contributed by atoms with van der Waals surface area (Å²) in [6.07, 6.45) is 1.75. The molecule has 1 aliphatic rings. The van der Waals surface area contributed by atoms with E-state index in [1.54, 1.807) is 18.3 Å². The molecule has 122 valence electrons. The van der Waals surface area contributed by atoms with Gasteiger partial charge in [0, 0.05) is 18.3 Å². The van der Waals surface area contributed by atoms with Crippen molar-refractivity contribution in [2.75, 3.05) is 11.4 Å². The lowest BCUT2D eigenvalue weighted by Crippen LogP contribution is -2.46. The van der Waals surface area contributed by atoms with Crippen LogP contribution in [0.25, 0.3) is 0 Å². The topological polar surface area (TPSA) is 68.5 Å². The average Bonchev–Trinajstić information content (AvgIpc) is 2.46. The molecule has 0 amide bonds. The van der Waals surface area contributed by atoms with E-state index in [1.165, 1.54) is 6.07 Å². The normalized spacial score (nSPS) is 15.1. The van der Waals surface area contributed by atoms with Crippen LogP contribution >= 0.6 is 12.4 Å². The maximum atomic E-state index is 11.0. The summed E-state index contributed by atoms with van der Waals surface area (Å²) in [5.41, 5.74) is 1.35. The van der Waals surface area contributed by atoms with Crippen LogP contribution in [0.3, 0.4) is 0 Å². The lowest BCUT2D eigenvalue weighted by Gasteiger charge is -2.40. The number of hydrogen-bond donors (Lipinski definition) is 0. The Morgan fingerprint density at radius 3 is 2.78 bits per heavy atom. The number of ether oxygens (including phenoxy) is 1. The Morgan fingerprint density at radius 1 is 1.35 bits per heavy atom. The van der Waals surface area contributed by atoms with E-state index in [0.717, 1.165) is 11.4 Å². The van der Waals surface area contributed by atoms with Crippen LogP contribution in [0.5, 0.6) is 5.75 Å². The third-order valence-corrected chi connectivity index (χ3v) is 3.53. The molecule has 0 bridgehead atoms. The molecule has 1 aromatic heterocycles. The molecule has 23 heavy (non-hydrogen) atoms. The first kappa shape index (κ1) is 17.0. The van der Waals surface area contributed by atoms with Crippen molar-refractivity contribution < 1.29 is 9.66 Å². The van der Waals surface area contributed by atoms with Gasteiger partial charge in [-0.2, -0.15) is 0 Å². The number of rotatable bonds is 3. The first-order valence-electron chi connectivity index (χ1n) is 7.07. The van der Waals surface area contributed by atoms with Crippen LogP contribution in [0.2, 0.25) is 0 Å². The van der Waals surface area contributed by atoms with Gasteiger partial charge in [-0.1, -0.05) is 6.07 Å². The van der Waals surface area contributed by atoms with Gasteiger partial charge >= 0.3 is 0 Å². The number of halogens is 1. The first-order valence-corrected chi connectivity index (χ1v) is 7.07. The smallest absolute Gasteiger partial charge is 0.271 e. The lowest BCUT2D eigenvalue weighted by atomic mass is 10.0. The number of anilines is 1. The minimum atomic E-state index is -0.390. The molecule has 0 atom stereocenters. The molecule has 0 saturated heterocycles. The highest BCUT2D eigenvalue weighted by Crippen LogP contribution is 2.39. The molecule has 1 aromatic carbocycles. The second-order valence-electron chi connectivity index (χ2n) is 5.95. The van der Waals surface area contributed by atoms with Crippen molar-refractivity contribution in [3.8, 4) is 5.75 Å². The first-order chi connectivity index (χ1) is 10.4. The molecule has 0 aliphatic carbocycles. The molecule has 0 saturated carbocycles. The highest BCUT2D eigenvalue weighted by atomic mass is 35.5. The Kier molecular flexibility index (Phi) is 4.75. The molecular formula is C16H18ClN3O3. The Bertz CT molecular complexity index is 707. The molecular weight excluding hydrogens is 318 g/mol. The van der Waals surface area contributed by atoms with Gasteiger partial charge < -0.3 is 9.64 Å². The van der Waals surface area contributed by atoms with E-state index >= 15 is 0 Å². The van der Waals surface area contributed by atoms with E-state index in [1.807, 2.05) is 32.0 Å². The van der Waals surface area contributed by atoms with Crippen molar-refractivity contribution in [3.05, 3.63) is 58.4 Å². The SMILES string of the molecule is CC1(C)CN(Cc2ccccn2)c2cc([N+](=O)[O-])ccc2O1.Cl. The van der Waals surface area contributed by atoms with E-state index in [-0.39, 0.29) is 28.6 Å². The third kappa shape index (κ3) is 3.71. The van der Waals surface area contributed by atoms with Crippen LogP contribution < -0.4 is 9.64 Å². The lowest BCUT2D eigenvalue weighted by molar-refractivity contribution is -0.384. The van der Waals surface area contributed by atoms with Gasteiger partial charge in [0.25, 0.3) is 5.69 Å². The Morgan fingerprint density at radius 2 is 2.13 bits per heavy atom. The van der Waals surface area contributed by atoms with Gasteiger partial charge in [0.2, 0.25) is 0 Å². The Hall–Kier alpha value is -2.34. The summed E-state index contributed by atoms with van der Waals surface area (Å²) in [6.45, 7) is 5.23. The van der Waals surface area contributed by atoms with Crippen molar-refractivity contribution in [2.24, 2.45) is 0 Å². The predicted molar refractivity (Wildman–Crippen MR) is 90.3 cm³/mol. The van der Waals surface area contributed by atoms with E-state index < -0.39 is 0 Å². The van der Waals surface area contributed by atoms with E-state index in [2.05, 4.69) is 9.88 Å². The van der Waals surface area contributed by atoms with Crippen molar-refractivity contribution >= 4 is 23.8 Å². The van der Waals surface area contributed by atoms with Crippen LogP contribution in [-0.4, -0.2) is 22.1 Å². The Balaban J connectivity index is 0.00000192. The minimum Gasteiger partial charge on any atom is -0.484 e. The quantitative estimate of drug-likeness (QED) is 0.633. The van der Waals surface area contributed by atoms with Gasteiger partial charge in [0.05, 0.1) is 29.4 Å². The summed E-state index contributed by atoms with van der Waals surface area (Å²) in [5, 5.41) is 11.0. The zero-order chi connectivity index (χ0) is 15.7. The van der Waals surface area contributed by atoms with Crippen molar-refractivity contribution in [1.82, 2.24) is 4.98 Å². The molecule has 0 unspecified atom stereocenters. The Labute approximate surface area is 140 Å². The number of hydrogen-bond acceptors (Lipinski definition) is 5. The maximum Gasteiger partial charge on any atom is 0.271 e. The van der Waals surface area contributed by atoms with Crippen LogP contribution in [0.1, 0.15) is 19.5 Å². The number of nitro groups is 1. The molecule has 0 spiro atoms. The van der Waals surface area contributed by atoms with Crippen LogP contribution in [-0.2, 0) is 6.54 Å². The standard InChI is InChI=1S/C16H17N3O3.ClH/c1-16(2)11-18(10-12-5-3-4-8-17-12)14-9-13(19(20)21)6-7-15(14)22-16;/h3-9H,10-11H2,1-2H3;1H. The maximum absolute atomic E-state index is 11.0. The summed E-state index contributed by atoms with van der Waals surface area (Å²) in [7, 11) is 0. The highest BCUT2D eigenvalue weighted by Gasteiger charge is 2.32. The summed E-state index contributed by atoms with van der Waals surface area (Å²) in [6, 6.07) is 10.4. The molecule has 0 fully saturated rings. The van der Waals surface area contributed by atoms with Crippen LogP contribution in [0, 0.1) is 10.1 Å². The molecule has 0 radical (unpaired) electrons. The van der Waals surface area contributed by atoms with Crippen molar-refractivity contribution in [1.29, 1.82) is 0 Å². The number of pyridine rings is 1. The molecule has 3 rings (SSSR count). The molecule has 2 aromatic rings. The number of nitrogens with zero attached hydrogens (tertiary/aromatic N) is 3. The number of fused-ring (bicyclic) bond motifs is 1. The highest BCUT2D eigenvalue weighted by molar-refractivity contribution is 5.85. The number of aromatic nitrogens is 1. The van der Waals surface area contributed by atoms with Gasteiger partial charge in [-0.15, -0.1) is 12.4 Å². The minimum absolute atomic E-state index is 0. The predicted octanol–water partition coefficient (Wildman–Crippen LogP) is 3.59. The van der Waals surface area contributed by atoms with Crippen LogP contribution in [0.4, 0.5) is 11.4 Å². The summed E-state index contributed by atoms with van der Waals surface area (Å²) in [5.74, 6) is 0.665. The van der Waals surface area contributed by atoms with Gasteiger partial charge in [0.1, 0.15) is 11.4 Å². The number of nitro benzene ring substituents is 1. The summed E-state index contributed by atoms with van der Waals surface area (Å²) >= 11 is 0. The summed E-state index contributed by atoms with van der Waals surface area (Å²) in [4.78, 5) is 17.0. The summed E-state index contributed by atoms with van der Waals surface area (Å²) < 4.78 is 5.94.